The van der Waals surface area contributed by atoms with Gasteiger partial charge in [0, 0.05) is 31.5 Å². The average molecular weight is 497 g/mol. The van der Waals surface area contributed by atoms with Gasteiger partial charge in [0.05, 0.1) is 6.10 Å². The van der Waals surface area contributed by atoms with Crippen molar-refractivity contribution >= 4 is 17.7 Å². The lowest BCUT2D eigenvalue weighted by atomic mass is 9.91. The van der Waals surface area contributed by atoms with Gasteiger partial charge in [0.2, 0.25) is 0 Å². The molecule has 192 valence electrons. The summed E-state index contributed by atoms with van der Waals surface area (Å²) in [6.07, 6.45) is -2.39. The van der Waals surface area contributed by atoms with Crippen LogP contribution in [0.15, 0.2) is 30.3 Å². The van der Waals surface area contributed by atoms with Crippen LogP contribution in [0.1, 0.15) is 68.2 Å². The zero-order chi connectivity index (χ0) is 25.8. The summed E-state index contributed by atoms with van der Waals surface area (Å²) in [5, 5.41) is 8.17. The Bertz CT molecular complexity index is 1020. The lowest BCUT2D eigenvalue weighted by Gasteiger charge is -2.36. The molecule has 0 aliphatic heterocycles. The maximum absolute atomic E-state index is 13.3. The number of nitrogens with zero attached hydrogens (tertiary/aromatic N) is 2. The molecule has 1 aromatic carbocycles. The van der Waals surface area contributed by atoms with E-state index in [-0.39, 0.29) is 24.4 Å². The van der Waals surface area contributed by atoms with Crippen LogP contribution in [0.2, 0.25) is 0 Å². The molecule has 1 aliphatic rings. The number of hydrogen-bond acceptors (Lipinski definition) is 5. The van der Waals surface area contributed by atoms with E-state index in [0.29, 0.717) is 24.1 Å². The Morgan fingerprint density at radius 2 is 1.83 bits per heavy atom. The molecule has 1 aromatic heterocycles. The SMILES string of the molecule is CO[C@H]1CC[C@H](N(Cc2cccc(NC(=O)OC(C)(C)C)c2)C(=O)c2cc(C(F)(F)F)n[nH]2)CC1. The van der Waals surface area contributed by atoms with E-state index >= 15 is 0 Å². The van der Waals surface area contributed by atoms with Crippen LogP contribution in [-0.2, 0) is 22.2 Å². The van der Waals surface area contributed by atoms with E-state index in [1.54, 1.807) is 57.0 Å². The molecule has 11 heteroatoms. The minimum absolute atomic E-state index is 0.0912. The molecule has 0 atom stereocenters. The van der Waals surface area contributed by atoms with Gasteiger partial charge in [-0.25, -0.2) is 4.79 Å². The number of alkyl halides is 3. The number of aromatic nitrogens is 2. The first-order valence-electron chi connectivity index (χ1n) is 11.4. The van der Waals surface area contributed by atoms with E-state index in [9.17, 15) is 22.8 Å². The molecule has 0 saturated heterocycles. The Hall–Kier alpha value is -3.08. The second kappa shape index (κ2) is 10.7. The van der Waals surface area contributed by atoms with Crippen molar-refractivity contribution in [3.63, 3.8) is 0 Å². The van der Waals surface area contributed by atoms with Gasteiger partial charge in [-0.1, -0.05) is 12.1 Å². The third-order valence-corrected chi connectivity index (χ3v) is 5.70. The minimum Gasteiger partial charge on any atom is -0.444 e. The molecule has 3 rings (SSSR count). The van der Waals surface area contributed by atoms with E-state index in [1.165, 1.54) is 0 Å². The first kappa shape index (κ1) is 26.5. The van der Waals surface area contributed by atoms with Crippen LogP contribution in [-0.4, -0.2) is 52.0 Å². The van der Waals surface area contributed by atoms with Gasteiger partial charge in [0.1, 0.15) is 11.3 Å². The van der Waals surface area contributed by atoms with Gasteiger partial charge >= 0.3 is 12.3 Å². The van der Waals surface area contributed by atoms with Crippen molar-refractivity contribution in [1.82, 2.24) is 15.1 Å². The molecule has 1 heterocycles. The maximum atomic E-state index is 13.3. The highest BCUT2D eigenvalue weighted by Crippen LogP contribution is 2.30. The van der Waals surface area contributed by atoms with Crippen LogP contribution in [0, 0.1) is 0 Å². The van der Waals surface area contributed by atoms with Crippen LogP contribution < -0.4 is 5.32 Å². The fourth-order valence-corrected chi connectivity index (χ4v) is 4.06. The summed E-state index contributed by atoms with van der Waals surface area (Å²) < 4.78 is 49.8. The second-order valence-electron chi connectivity index (χ2n) is 9.59. The normalized spacial score (nSPS) is 18.7. The lowest BCUT2D eigenvalue weighted by Crippen LogP contribution is -2.43. The van der Waals surface area contributed by atoms with Gasteiger partial charge in [-0.15, -0.1) is 0 Å². The fourth-order valence-electron chi connectivity index (χ4n) is 4.06. The Morgan fingerprint density at radius 3 is 2.40 bits per heavy atom. The Balaban J connectivity index is 1.81. The molecule has 1 fully saturated rings. The van der Waals surface area contributed by atoms with Crippen molar-refractivity contribution in [2.24, 2.45) is 0 Å². The summed E-state index contributed by atoms with van der Waals surface area (Å²) in [7, 11) is 1.64. The summed E-state index contributed by atoms with van der Waals surface area (Å²) in [4.78, 5) is 27.0. The Morgan fingerprint density at radius 1 is 1.14 bits per heavy atom. The largest absolute Gasteiger partial charge is 0.444 e. The quantitative estimate of drug-likeness (QED) is 0.560. The number of carbonyl (C=O) groups is 2. The molecule has 2 amide bonds. The number of carbonyl (C=O) groups excluding carboxylic acids is 2. The van der Waals surface area contributed by atoms with Crippen molar-refractivity contribution in [3.05, 3.63) is 47.3 Å². The summed E-state index contributed by atoms with van der Waals surface area (Å²) in [6.45, 7) is 5.41. The zero-order valence-corrected chi connectivity index (χ0v) is 20.2. The first-order valence-corrected chi connectivity index (χ1v) is 11.4. The van der Waals surface area contributed by atoms with E-state index < -0.39 is 29.5 Å². The number of hydrogen-bond donors (Lipinski definition) is 2. The number of H-pyrrole nitrogens is 1. The highest BCUT2D eigenvalue weighted by molar-refractivity contribution is 5.92. The van der Waals surface area contributed by atoms with Crippen molar-refractivity contribution in [1.29, 1.82) is 0 Å². The average Bonchev–Trinajstić information content (AvgIpc) is 3.27. The molecule has 0 radical (unpaired) electrons. The van der Waals surface area contributed by atoms with Crippen molar-refractivity contribution < 1.29 is 32.2 Å². The molecule has 0 unspecified atom stereocenters. The van der Waals surface area contributed by atoms with E-state index in [1.807, 2.05) is 0 Å². The number of amides is 2. The first-order chi connectivity index (χ1) is 16.4. The van der Waals surface area contributed by atoms with Gasteiger partial charge in [-0.2, -0.15) is 18.3 Å². The second-order valence-corrected chi connectivity index (χ2v) is 9.59. The van der Waals surface area contributed by atoms with Crippen molar-refractivity contribution in [3.8, 4) is 0 Å². The van der Waals surface area contributed by atoms with Crippen LogP contribution in [0.25, 0.3) is 0 Å². The topological polar surface area (TPSA) is 96.6 Å². The minimum atomic E-state index is -4.65. The Labute approximate surface area is 202 Å². The van der Waals surface area contributed by atoms with Gasteiger partial charge in [-0.05, 0) is 64.2 Å². The monoisotopic (exact) mass is 496 g/mol. The van der Waals surface area contributed by atoms with Gasteiger partial charge in [0.15, 0.2) is 5.69 Å². The number of rotatable bonds is 6. The number of ether oxygens (including phenoxy) is 2. The van der Waals surface area contributed by atoms with E-state index in [4.69, 9.17) is 9.47 Å². The molecule has 0 spiro atoms. The number of anilines is 1. The molecule has 35 heavy (non-hydrogen) atoms. The zero-order valence-electron chi connectivity index (χ0n) is 20.2. The van der Waals surface area contributed by atoms with Crippen molar-refractivity contribution in [2.45, 2.75) is 76.9 Å². The molecule has 1 aliphatic carbocycles. The number of nitrogens with one attached hydrogen (secondary N) is 2. The Kier molecular flexibility index (Phi) is 8.09. The van der Waals surface area contributed by atoms with E-state index in [0.717, 1.165) is 18.9 Å². The summed E-state index contributed by atoms with van der Waals surface area (Å²) >= 11 is 0. The van der Waals surface area contributed by atoms with Crippen LogP contribution in [0.5, 0.6) is 0 Å². The number of halogens is 3. The van der Waals surface area contributed by atoms with Crippen LogP contribution in [0.3, 0.4) is 0 Å². The third-order valence-electron chi connectivity index (χ3n) is 5.70. The van der Waals surface area contributed by atoms with E-state index in [2.05, 4.69) is 15.5 Å². The molecular weight excluding hydrogens is 465 g/mol. The smallest absolute Gasteiger partial charge is 0.435 e. The fraction of sp³-hybridized carbons (Fsp3) is 0.542. The molecule has 2 N–H and O–H groups in total. The molecular formula is C24H31F3N4O4. The van der Waals surface area contributed by atoms with Gasteiger partial charge in [0.25, 0.3) is 5.91 Å². The standard InChI is InChI=1S/C24H31F3N4O4/c1-23(2,3)35-22(33)28-16-7-5-6-15(12-16)14-31(17-8-10-18(34-4)11-9-17)21(32)19-13-20(30-29-19)24(25,26)27/h5-7,12-13,17-18H,8-11,14H2,1-4H3,(H,28,33)(H,29,30)/t17-,18-. The maximum Gasteiger partial charge on any atom is 0.435 e. The molecule has 8 nitrogen and oxygen atoms in total. The highest BCUT2D eigenvalue weighted by Gasteiger charge is 2.36. The molecule has 0 bridgehead atoms. The highest BCUT2D eigenvalue weighted by atomic mass is 19.4. The van der Waals surface area contributed by atoms with Crippen molar-refractivity contribution in [2.75, 3.05) is 12.4 Å². The number of methoxy groups -OCH3 is 1. The predicted octanol–water partition coefficient (Wildman–Crippen LogP) is 5.38. The number of aromatic amines is 1. The summed E-state index contributed by atoms with van der Waals surface area (Å²) in [5.41, 5.74) is -0.850. The summed E-state index contributed by atoms with van der Waals surface area (Å²) in [5.74, 6) is -0.570. The predicted molar refractivity (Wildman–Crippen MR) is 123 cm³/mol. The molecule has 2 aromatic rings. The van der Waals surface area contributed by atoms with Crippen LogP contribution in [0.4, 0.5) is 23.7 Å². The lowest BCUT2D eigenvalue weighted by molar-refractivity contribution is -0.141. The van der Waals surface area contributed by atoms with Crippen LogP contribution >= 0.6 is 0 Å². The number of benzene rings is 1. The summed E-state index contributed by atoms with van der Waals surface area (Å²) in [6, 6.07) is 7.46. The molecule has 1 saturated carbocycles. The van der Waals surface area contributed by atoms with Gasteiger partial charge in [-0.3, -0.25) is 15.2 Å². The third kappa shape index (κ3) is 7.45. The van der Waals surface area contributed by atoms with Gasteiger partial charge < -0.3 is 14.4 Å².